The Labute approximate surface area is 96.0 Å². The van der Waals surface area contributed by atoms with E-state index in [4.69, 9.17) is 0 Å². The molecule has 1 aromatic rings. The van der Waals surface area contributed by atoms with E-state index in [1.54, 1.807) is 0 Å². The van der Waals surface area contributed by atoms with Crippen molar-refractivity contribution in [2.45, 2.75) is 24.8 Å². The minimum Gasteiger partial charge on any atom is -0.314 e. The summed E-state index contributed by atoms with van der Waals surface area (Å²) in [5.41, 5.74) is 0.111. The van der Waals surface area contributed by atoms with Gasteiger partial charge < -0.3 is 5.32 Å². The Morgan fingerprint density at radius 2 is 1.87 bits per heavy atom. The van der Waals surface area contributed by atoms with Gasteiger partial charge in [0.2, 0.25) is 0 Å². The first-order valence-corrected chi connectivity index (χ1v) is 5.68. The molecule has 0 amide bonds. The molecule has 4 heteroatoms. The molecule has 1 fully saturated rings. The summed E-state index contributed by atoms with van der Waals surface area (Å²) in [6.45, 7) is 0. The average Bonchev–Trinajstić information content (AvgIpc) is 2.92. The van der Waals surface area contributed by atoms with Crippen LogP contribution in [0.4, 0.5) is 8.78 Å². The van der Waals surface area contributed by atoms with E-state index in [-0.39, 0.29) is 11.1 Å². The fourth-order valence-corrected chi connectivity index (χ4v) is 2.15. The molecule has 0 saturated heterocycles. The Balaban J connectivity index is 2.28. The van der Waals surface area contributed by atoms with Crippen LogP contribution in [0.3, 0.4) is 0 Å². The summed E-state index contributed by atoms with van der Waals surface area (Å²) in [5, 5.41) is 3.12. The molecule has 2 rings (SSSR count). The maximum Gasteiger partial charge on any atom is 0.130 e. The van der Waals surface area contributed by atoms with Crippen LogP contribution in [0.1, 0.15) is 18.4 Å². The van der Waals surface area contributed by atoms with Gasteiger partial charge >= 0.3 is 0 Å². The van der Waals surface area contributed by atoms with Crippen LogP contribution in [-0.4, -0.2) is 12.6 Å². The summed E-state index contributed by atoms with van der Waals surface area (Å²) in [7, 11) is 1.83. The van der Waals surface area contributed by atoms with Gasteiger partial charge in [0.1, 0.15) is 11.6 Å². The largest absolute Gasteiger partial charge is 0.314 e. The van der Waals surface area contributed by atoms with Crippen molar-refractivity contribution in [3.05, 3.63) is 33.8 Å². The van der Waals surface area contributed by atoms with Crippen LogP contribution in [0, 0.1) is 11.6 Å². The molecular weight excluding hydrogens is 264 g/mol. The summed E-state index contributed by atoms with van der Waals surface area (Å²) in [6.07, 6.45) is 2.39. The predicted octanol–water partition coefficient (Wildman–Crippen LogP) is 3.02. The Bertz CT molecular complexity index is 365. The van der Waals surface area contributed by atoms with Gasteiger partial charge in [-0.25, -0.2) is 8.78 Å². The van der Waals surface area contributed by atoms with Gasteiger partial charge in [-0.3, -0.25) is 0 Å². The summed E-state index contributed by atoms with van der Waals surface area (Å²) < 4.78 is 27.5. The number of rotatable bonds is 3. The Kier molecular flexibility index (Phi) is 2.81. The van der Waals surface area contributed by atoms with Crippen molar-refractivity contribution in [1.29, 1.82) is 0 Å². The lowest BCUT2D eigenvalue weighted by Gasteiger charge is -2.15. The Morgan fingerprint density at radius 3 is 2.27 bits per heavy atom. The first-order valence-electron chi connectivity index (χ1n) is 4.89. The zero-order valence-corrected chi connectivity index (χ0v) is 10.00. The monoisotopic (exact) mass is 275 g/mol. The SMILES string of the molecule is CNC1(Cc2c(F)cc(Br)cc2F)CC1. The highest BCUT2D eigenvalue weighted by Gasteiger charge is 2.42. The molecule has 82 valence electrons. The van der Waals surface area contributed by atoms with Crippen molar-refractivity contribution in [2.75, 3.05) is 7.05 Å². The molecule has 1 N–H and O–H groups in total. The second-order valence-corrected chi connectivity index (χ2v) is 4.97. The van der Waals surface area contributed by atoms with Gasteiger partial charge in [0.25, 0.3) is 0 Å². The van der Waals surface area contributed by atoms with Gasteiger partial charge in [0, 0.05) is 15.6 Å². The molecule has 0 spiro atoms. The minimum absolute atomic E-state index is 0.0739. The first kappa shape index (κ1) is 11.0. The zero-order chi connectivity index (χ0) is 11.1. The van der Waals surface area contributed by atoms with Crippen molar-refractivity contribution >= 4 is 15.9 Å². The number of hydrogen-bond acceptors (Lipinski definition) is 1. The van der Waals surface area contributed by atoms with E-state index in [9.17, 15) is 8.78 Å². The molecule has 1 aromatic carbocycles. The number of benzene rings is 1. The summed E-state index contributed by atoms with van der Waals surface area (Å²) in [4.78, 5) is 0. The van der Waals surface area contributed by atoms with E-state index in [2.05, 4.69) is 21.2 Å². The lowest BCUT2D eigenvalue weighted by atomic mass is 10.0. The van der Waals surface area contributed by atoms with Crippen molar-refractivity contribution in [3.63, 3.8) is 0 Å². The van der Waals surface area contributed by atoms with Crippen LogP contribution in [0.5, 0.6) is 0 Å². The second-order valence-electron chi connectivity index (χ2n) is 4.06. The summed E-state index contributed by atoms with van der Waals surface area (Å²) in [5.74, 6) is -0.938. The van der Waals surface area contributed by atoms with Gasteiger partial charge in [-0.15, -0.1) is 0 Å². The molecule has 0 aliphatic heterocycles. The van der Waals surface area contributed by atoms with Crippen molar-refractivity contribution in [3.8, 4) is 0 Å². The molecule has 0 atom stereocenters. The molecule has 0 radical (unpaired) electrons. The molecule has 1 aliphatic carbocycles. The third kappa shape index (κ3) is 2.21. The standard InChI is InChI=1S/C11H12BrF2N/c1-15-11(2-3-11)6-8-9(13)4-7(12)5-10(8)14/h4-5,15H,2-3,6H2,1H3. The smallest absolute Gasteiger partial charge is 0.130 e. The van der Waals surface area contributed by atoms with Crippen LogP contribution in [-0.2, 0) is 6.42 Å². The highest BCUT2D eigenvalue weighted by molar-refractivity contribution is 9.10. The molecule has 0 heterocycles. The highest BCUT2D eigenvalue weighted by atomic mass is 79.9. The number of likely N-dealkylation sites (N-methyl/N-ethyl adjacent to an activating group) is 1. The second kappa shape index (κ2) is 3.83. The quantitative estimate of drug-likeness (QED) is 0.894. The lowest BCUT2D eigenvalue weighted by Crippen LogP contribution is -2.30. The van der Waals surface area contributed by atoms with Crippen LogP contribution >= 0.6 is 15.9 Å². The van der Waals surface area contributed by atoms with Crippen molar-refractivity contribution in [2.24, 2.45) is 0 Å². The lowest BCUT2D eigenvalue weighted by molar-refractivity contribution is 0.494. The van der Waals surface area contributed by atoms with Crippen LogP contribution in [0.2, 0.25) is 0 Å². The Morgan fingerprint density at radius 1 is 1.33 bits per heavy atom. The summed E-state index contributed by atoms with van der Waals surface area (Å²) >= 11 is 3.06. The van der Waals surface area contributed by atoms with E-state index < -0.39 is 11.6 Å². The molecule has 1 nitrogen and oxygen atoms in total. The van der Waals surface area contributed by atoms with Crippen molar-refractivity contribution in [1.82, 2.24) is 5.32 Å². The predicted molar refractivity (Wildman–Crippen MR) is 58.8 cm³/mol. The molecule has 0 aromatic heterocycles. The van der Waals surface area contributed by atoms with E-state index >= 15 is 0 Å². The molecule has 0 bridgehead atoms. The minimum atomic E-state index is -0.469. The third-order valence-electron chi connectivity index (χ3n) is 3.00. The van der Waals surface area contributed by atoms with Crippen LogP contribution in [0.15, 0.2) is 16.6 Å². The fraction of sp³-hybridized carbons (Fsp3) is 0.455. The maximum atomic E-state index is 13.5. The number of halogens is 3. The molecule has 1 aliphatic rings. The average molecular weight is 276 g/mol. The zero-order valence-electron chi connectivity index (χ0n) is 8.41. The van der Waals surface area contributed by atoms with E-state index in [0.29, 0.717) is 10.9 Å². The van der Waals surface area contributed by atoms with Gasteiger partial charge in [-0.1, -0.05) is 15.9 Å². The van der Waals surface area contributed by atoms with Crippen molar-refractivity contribution < 1.29 is 8.78 Å². The number of nitrogens with one attached hydrogen (secondary N) is 1. The van der Waals surface area contributed by atoms with Gasteiger partial charge in [0.05, 0.1) is 0 Å². The van der Waals surface area contributed by atoms with Crippen LogP contribution < -0.4 is 5.32 Å². The molecular formula is C11H12BrF2N. The fourth-order valence-electron chi connectivity index (χ4n) is 1.75. The topological polar surface area (TPSA) is 12.0 Å². The Hall–Kier alpha value is -0.480. The molecule has 15 heavy (non-hydrogen) atoms. The maximum absolute atomic E-state index is 13.5. The van der Waals surface area contributed by atoms with Crippen LogP contribution in [0.25, 0.3) is 0 Å². The number of hydrogen-bond donors (Lipinski definition) is 1. The van der Waals surface area contributed by atoms with Gasteiger partial charge in [-0.2, -0.15) is 0 Å². The van der Waals surface area contributed by atoms with Gasteiger partial charge in [0.15, 0.2) is 0 Å². The van der Waals surface area contributed by atoms with E-state index in [1.807, 2.05) is 7.05 Å². The van der Waals surface area contributed by atoms with E-state index in [1.165, 1.54) is 12.1 Å². The normalized spacial score (nSPS) is 17.9. The van der Waals surface area contributed by atoms with Gasteiger partial charge in [-0.05, 0) is 38.4 Å². The molecule has 0 unspecified atom stereocenters. The highest BCUT2D eigenvalue weighted by Crippen LogP contribution is 2.39. The molecule has 1 saturated carbocycles. The first-order chi connectivity index (χ1) is 7.06. The summed E-state index contributed by atoms with van der Waals surface area (Å²) in [6, 6.07) is 2.62. The van der Waals surface area contributed by atoms with E-state index in [0.717, 1.165) is 12.8 Å². The third-order valence-corrected chi connectivity index (χ3v) is 3.46.